The summed E-state index contributed by atoms with van der Waals surface area (Å²) in [6, 6.07) is 5.46. The number of nitrogens with two attached hydrogens (primary N) is 1. The quantitative estimate of drug-likeness (QED) is 0.899. The number of amides is 1. The zero-order valence-corrected chi connectivity index (χ0v) is 10.8. The number of oxazole rings is 1. The average Bonchev–Trinajstić information content (AvgIpc) is 2.72. The van der Waals surface area contributed by atoms with Gasteiger partial charge in [0.1, 0.15) is 5.52 Å². The minimum atomic E-state index is -0.512. The van der Waals surface area contributed by atoms with E-state index in [0.29, 0.717) is 5.58 Å². The molecule has 0 radical (unpaired) electrons. The Morgan fingerprint density at radius 3 is 2.89 bits per heavy atom. The molecule has 2 rings (SSSR count). The van der Waals surface area contributed by atoms with E-state index < -0.39 is 5.54 Å². The van der Waals surface area contributed by atoms with Crippen molar-refractivity contribution in [3.8, 4) is 0 Å². The molecule has 2 aromatic rings. The van der Waals surface area contributed by atoms with Gasteiger partial charge in [-0.3, -0.25) is 4.79 Å². The van der Waals surface area contributed by atoms with Gasteiger partial charge in [0.05, 0.1) is 0 Å². The van der Waals surface area contributed by atoms with Crippen LogP contribution in [0.15, 0.2) is 29.0 Å². The molecule has 5 nitrogen and oxygen atoms in total. The van der Waals surface area contributed by atoms with Crippen molar-refractivity contribution in [1.82, 2.24) is 4.98 Å². The lowest BCUT2D eigenvalue weighted by Crippen LogP contribution is -2.39. The smallest absolute Gasteiger partial charge is 0.228 e. The van der Waals surface area contributed by atoms with Gasteiger partial charge >= 0.3 is 0 Å². The van der Waals surface area contributed by atoms with Crippen LogP contribution in [0.2, 0.25) is 0 Å². The van der Waals surface area contributed by atoms with Gasteiger partial charge in [0, 0.05) is 30.8 Å². The Morgan fingerprint density at radius 1 is 1.50 bits per heavy atom. The van der Waals surface area contributed by atoms with E-state index in [1.54, 1.807) is 18.0 Å². The summed E-state index contributed by atoms with van der Waals surface area (Å²) in [5, 5.41) is 0. The number of hydrogen-bond donors (Lipinski definition) is 1. The molecule has 0 bridgehead atoms. The molecule has 0 saturated heterocycles. The lowest BCUT2D eigenvalue weighted by atomic mass is 10.0. The van der Waals surface area contributed by atoms with E-state index in [4.69, 9.17) is 10.2 Å². The summed E-state index contributed by atoms with van der Waals surface area (Å²) in [5.74, 6) is -0.0265. The van der Waals surface area contributed by atoms with Crippen LogP contribution in [-0.4, -0.2) is 23.5 Å². The Hall–Kier alpha value is -1.88. The first-order valence-corrected chi connectivity index (χ1v) is 5.75. The third-order valence-corrected chi connectivity index (χ3v) is 2.68. The Labute approximate surface area is 106 Å². The fourth-order valence-electron chi connectivity index (χ4n) is 1.70. The minimum absolute atomic E-state index is 0.0265. The van der Waals surface area contributed by atoms with Gasteiger partial charge in [0.2, 0.25) is 5.91 Å². The van der Waals surface area contributed by atoms with Gasteiger partial charge in [0.15, 0.2) is 12.0 Å². The van der Waals surface area contributed by atoms with Gasteiger partial charge in [-0.05, 0) is 26.0 Å². The highest BCUT2D eigenvalue weighted by Gasteiger charge is 2.20. The van der Waals surface area contributed by atoms with E-state index in [1.807, 2.05) is 26.0 Å². The van der Waals surface area contributed by atoms with Crippen LogP contribution in [0, 0.1) is 0 Å². The second kappa shape index (κ2) is 4.42. The first-order valence-electron chi connectivity index (χ1n) is 5.75. The molecule has 0 saturated carbocycles. The number of hydrogen-bond acceptors (Lipinski definition) is 4. The van der Waals surface area contributed by atoms with Crippen molar-refractivity contribution in [2.75, 3.05) is 11.9 Å². The van der Waals surface area contributed by atoms with E-state index in [2.05, 4.69) is 4.98 Å². The molecule has 2 N–H and O–H groups in total. The molecule has 1 aromatic carbocycles. The lowest BCUT2D eigenvalue weighted by molar-refractivity contribution is -0.119. The number of carbonyl (C=O) groups is 1. The van der Waals surface area contributed by atoms with Crippen molar-refractivity contribution in [2.24, 2.45) is 5.73 Å². The zero-order valence-electron chi connectivity index (χ0n) is 10.8. The monoisotopic (exact) mass is 247 g/mol. The number of carbonyl (C=O) groups excluding carboxylic acids is 1. The average molecular weight is 247 g/mol. The number of benzene rings is 1. The molecule has 96 valence electrons. The van der Waals surface area contributed by atoms with Gasteiger partial charge in [-0.2, -0.15) is 0 Å². The first-order chi connectivity index (χ1) is 8.37. The molecule has 0 aliphatic carbocycles. The molecule has 0 spiro atoms. The second-order valence-corrected chi connectivity index (χ2v) is 5.12. The molecule has 5 heteroatoms. The summed E-state index contributed by atoms with van der Waals surface area (Å²) in [5.41, 5.74) is 7.55. The van der Waals surface area contributed by atoms with Crippen molar-refractivity contribution in [3.05, 3.63) is 24.6 Å². The van der Waals surface area contributed by atoms with Crippen LogP contribution in [0.25, 0.3) is 11.1 Å². The highest BCUT2D eigenvalue weighted by Crippen LogP contribution is 2.21. The molecule has 1 amide bonds. The molecular weight excluding hydrogens is 230 g/mol. The third-order valence-electron chi connectivity index (χ3n) is 2.68. The molecule has 1 heterocycles. The maximum Gasteiger partial charge on any atom is 0.228 e. The van der Waals surface area contributed by atoms with E-state index in [-0.39, 0.29) is 12.3 Å². The summed E-state index contributed by atoms with van der Waals surface area (Å²) in [6.07, 6.45) is 1.68. The standard InChI is InChI=1S/C13H17N3O2/c1-13(2,14)7-12(17)16(3)9-4-5-10-11(6-9)18-8-15-10/h4-6,8H,7,14H2,1-3H3. The maximum atomic E-state index is 12.0. The maximum absolute atomic E-state index is 12.0. The van der Waals surface area contributed by atoms with Crippen molar-refractivity contribution in [2.45, 2.75) is 25.8 Å². The third kappa shape index (κ3) is 2.68. The molecule has 0 unspecified atom stereocenters. The Morgan fingerprint density at radius 2 is 2.22 bits per heavy atom. The summed E-state index contributed by atoms with van der Waals surface area (Å²) in [7, 11) is 1.73. The van der Waals surface area contributed by atoms with Crippen LogP contribution in [0.1, 0.15) is 20.3 Å². The lowest BCUT2D eigenvalue weighted by Gasteiger charge is -2.23. The van der Waals surface area contributed by atoms with Gasteiger partial charge in [0.25, 0.3) is 0 Å². The molecule has 0 atom stereocenters. The van der Waals surface area contributed by atoms with Crippen molar-refractivity contribution < 1.29 is 9.21 Å². The van der Waals surface area contributed by atoms with E-state index in [0.717, 1.165) is 11.2 Å². The number of anilines is 1. The largest absolute Gasteiger partial charge is 0.443 e. The number of nitrogens with zero attached hydrogens (tertiary/aromatic N) is 2. The summed E-state index contributed by atoms with van der Waals surface area (Å²) >= 11 is 0. The highest BCUT2D eigenvalue weighted by molar-refractivity contribution is 5.95. The van der Waals surface area contributed by atoms with Crippen molar-refractivity contribution in [3.63, 3.8) is 0 Å². The van der Waals surface area contributed by atoms with Crippen LogP contribution in [0.5, 0.6) is 0 Å². The van der Waals surface area contributed by atoms with Gasteiger partial charge in [-0.25, -0.2) is 4.98 Å². The van der Waals surface area contributed by atoms with Gasteiger partial charge in [-0.1, -0.05) is 0 Å². The predicted molar refractivity (Wildman–Crippen MR) is 70.3 cm³/mol. The van der Waals surface area contributed by atoms with Crippen molar-refractivity contribution >= 4 is 22.7 Å². The number of aromatic nitrogens is 1. The van der Waals surface area contributed by atoms with Crippen LogP contribution < -0.4 is 10.6 Å². The Bertz CT molecular complexity index is 569. The van der Waals surface area contributed by atoms with Crippen LogP contribution in [0.4, 0.5) is 5.69 Å². The summed E-state index contributed by atoms with van der Waals surface area (Å²) in [4.78, 5) is 17.6. The van der Waals surface area contributed by atoms with Crippen LogP contribution >= 0.6 is 0 Å². The van der Waals surface area contributed by atoms with E-state index in [9.17, 15) is 4.79 Å². The zero-order chi connectivity index (χ0) is 13.3. The van der Waals surface area contributed by atoms with Crippen LogP contribution in [-0.2, 0) is 4.79 Å². The molecular formula is C13H17N3O2. The fourth-order valence-corrected chi connectivity index (χ4v) is 1.70. The minimum Gasteiger partial charge on any atom is -0.443 e. The predicted octanol–water partition coefficient (Wildman–Crippen LogP) is 1.92. The van der Waals surface area contributed by atoms with E-state index in [1.165, 1.54) is 6.39 Å². The summed E-state index contributed by atoms with van der Waals surface area (Å²) < 4.78 is 5.22. The van der Waals surface area contributed by atoms with Crippen LogP contribution in [0.3, 0.4) is 0 Å². The number of rotatable bonds is 3. The van der Waals surface area contributed by atoms with Gasteiger partial charge in [-0.15, -0.1) is 0 Å². The molecule has 1 aromatic heterocycles. The fraction of sp³-hybridized carbons (Fsp3) is 0.385. The van der Waals surface area contributed by atoms with E-state index >= 15 is 0 Å². The molecule has 0 aliphatic rings. The SMILES string of the molecule is CN(C(=O)CC(C)(C)N)c1ccc2ncoc2c1. The van der Waals surface area contributed by atoms with Crippen molar-refractivity contribution in [1.29, 1.82) is 0 Å². The normalized spacial score (nSPS) is 11.8. The topological polar surface area (TPSA) is 72.4 Å². The second-order valence-electron chi connectivity index (χ2n) is 5.12. The van der Waals surface area contributed by atoms with Gasteiger partial charge < -0.3 is 15.1 Å². The molecule has 0 fully saturated rings. The molecule has 0 aliphatic heterocycles. The highest BCUT2D eigenvalue weighted by atomic mass is 16.3. The molecule has 18 heavy (non-hydrogen) atoms. The Kier molecular flexibility index (Phi) is 3.09. The summed E-state index contributed by atoms with van der Waals surface area (Å²) in [6.45, 7) is 3.66. The Balaban J connectivity index is 2.22. The number of fused-ring (bicyclic) bond motifs is 1. The first kappa shape index (κ1) is 12.6.